The number of rotatable bonds is 5. The second-order valence-electron chi connectivity index (χ2n) is 2.83. The first kappa shape index (κ1) is 10.2. The number of carbonyl (C=O) groups is 2. The number of imidazole rings is 1. The lowest BCUT2D eigenvalue weighted by Crippen LogP contribution is -2.38. The van der Waals surface area contributed by atoms with Crippen LogP contribution in [0.4, 0.5) is 0 Å². The summed E-state index contributed by atoms with van der Waals surface area (Å²) in [6.45, 7) is 0. The molecule has 1 unspecified atom stereocenters. The Bertz CT molecular complexity index is 334. The van der Waals surface area contributed by atoms with Crippen molar-refractivity contribution in [3.8, 4) is 0 Å². The molecular weight excluding hydrogens is 186 g/mol. The van der Waals surface area contributed by atoms with E-state index in [1.54, 1.807) is 24.0 Å². The van der Waals surface area contributed by atoms with Crippen molar-refractivity contribution >= 4 is 12.4 Å². The van der Waals surface area contributed by atoms with Gasteiger partial charge in [-0.05, 0) is 0 Å². The highest BCUT2D eigenvalue weighted by molar-refractivity contribution is 5.76. The zero-order valence-electron chi connectivity index (χ0n) is 7.67. The number of aryl methyl sites for hydroxylation is 1. The fourth-order valence-corrected chi connectivity index (χ4v) is 1.08. The van der Waals surface area contributed by atoms with E-state index in [1.807, 2.05) is 0 Å². The van der Waals surface area contributed by atoms with Gasteiger partial charge >= 0.3 is 5.97 Å². The van der Waals surface area contributed by atoms with Crippen molar-refractivity contribution in [1.29, 1.82) is 0 Å². The molecule has 1 atom stereocenters. The summed E-state index contributed by atoms with van der Waals surface area (Å²) in [4.78, 5) is 24.8. The first-order valence-corrected chi connectivity index (χ1v) is 4.04. The van der Waals surface area contributed by atoms with Crippen LogP contribution in [0.25, 0.3) is 0 Å². The van der Waals surface area contributed by atoms with E-state index in [0.717, 1.165) is 0 Å². The Morgan fingerprint density at radius 3 is 3.00 bits per heavy atom. The number of carboxylic acids is 1. The second-order valence-corrected chi connectivity index (χ2v) is 2.83. The molecule has 0 fully saturated rings. The van der Waals surface area contributed by atoms with E-state index in [9.17, 15) is 9.59 Å². The molecule has 0 aliphatic rings. The largest absolute Gasteiger partial charge is 0.480 e. The summed E-state index contributed by atoms with van der Waals surface area (Å²) >= 11 is 0. The number of nitrogens with zero attached hydrogens (tertiary/aromatic N) is 2. The maximum Gasteiger partial charge on any atom is 0.326 e. The smallest absolute Gasteiger partial charge is 0.326 e. The lowest BCUT2D eigenvalue weighted by atomic mass is 10.2. The topological polar surface area (TPSA) is 84.2 Å². The molecule has 76 valence electrons. The molecule has 0 aromatic carbocycles. The Morgan fingerprint density at radius 2 is 2.57 bits per heavy atom. The van der Waals surface area contributed by atoms with Crippen LogP contribution in [-0.2, 0) is 23.1 Å². The van der Waals surface area contributed by atoms with Crippen LogP contribution in [0.3, 0.4) is 0 Å². The quantitative estimate of drug-likeness (QED) is 0.603. The predicted molar refractivity (Wildman–Crippen MR) is 47.5 cm³/mol. The molecule has 0 aliphatic carbocycles. The molecule has 6 nitrogen and oxygen atoms in total. The number of nitrogens with one attached hydrogen (secondary N) is 1. The fraction of sp³-hybridized carbons (Fsp3) is 0.375. The third kappa shape index (κ3) is 2.32. The van der Waals surface area contributed by atoms with Gasteiger partial charge in [-0.2, -0.15) is 0 Å². The lowest BCUT2D eigenvalue weighted by molar-refractivity contribution is -0.140. The Labute approximate surface area is 80.6 Å². The first-order valence-electron chi connectivity index (χ1n) is 4.04. The van der Waals surface area contributed by atoms with Crippen molar-refractivity contribution in [3.05, 3.63) is 18.2 Å². The average molecular weight is 197 g/mol. The highest BCUT2D eigenvalue weighted by Gasteiger charge is 2.18. The minimum Gasteiger partial charge on any atom is -0.480 e. The Hall–Kier alpha value is -1.85. The van der Waals surface area contributed by atoms with Crippen molar-refractivity contribution in [1.82, 2.24) is 14.9 Å². The van der Waals surface area contributed by atoms with Crippen LogP contribution in [0.5, 0.6) is 0 Å². The van der Waals surface area contributed by atoms with E-state index < -0.39 is 12.0 Å². The molecule has 0 radical (unpaired) electrons. The van der Waals surface area contributed by atoms with Crippen LogP contribution >= 0.6 is 0 Å². The SMILES string of the molecule is Cn1ccnc1CC(NC=O)C(=O)O. The van der Waals surface area contributed by atoms with Gasteiger partial charge in [0, 0.05) is 25.9 Å². The summed E-state index contributed by atoms with van der Waals surface area (Å²) in [5, 5.41) is 10.9. The molecule has 0 aliphatic heterocycles. The molecule has 0 saturated heterocycles. The number of hydrogen-bond donors (Lipinski definition) is 2. The Morgan fingerprint density at radius 1 is 1.86 bits per heavy atom. The summed E-state index contributed by atoms with van der Waals surface area (Å²) in [5.74, 6) is -0.452. The Kier molecular flexibility index (Phi) is 3.22. The maximum atomic E-state index is 10.7. The summed E-state index contributed by atoms with van der Waals surface area (Å²) in [7, 11) is 1.77. The van der Waals surface area contributed by atoms with Crippen LogP contribution in [0.1, 0.15) is 5.82 Å². The number of aliphatic carboxylic acids is 1. The number of carboxylic acid groups (broad SMARTS) is 1. The molecular formula is C8H11N3O3. The van der Waals surface area contributed by atoms with Crippen molar-refractivity contribution in [3.63, 3.8) is 0 Å². The lowest BCUT2D eigenvalue weighted by Gasteiger charge is -2.10. The van der Waals surface area contributed by atoms with E-state index in [2.05, 4.69) is 10.3 Å². The monoisotopic (exact) mass is 197 g/mol. The second kappa shape index (κ2) is 4.40. The first-order chi connectivity index (χ1) is 6.65. The van der Waals surface area contributed by atoms with Gasteiger partial charge in [0.15, 0.2) is 0 Å². The highest BCUT2D eigenvalue weighted by Crippen LogP contribution is 1.99. The summed E-state index contributed by atoms with van der Waals surface area (Å²) in [5.41, 5.74) is 0. The van der Waals surface area contributed by atoms with E-state index in [0.29, 0.717) is 12.2 Å². The van der Waals surface area contributed by atoms with E-state index >= 15 is 0 Å². The molecule has 14 heavy (non-hydrogen) atoms. The Balaban J connectivity index is 2.69. The molecule has 1 aromatic rings. The van der Waals surface area contributed by atoms with Gasteiger partial charge < -0.3 is 15.0 Å². The molecule has 0 bridgehead atoms. The van der Waals surface area contributed by atoms with Crippen molar-refractivity contribution < 1.29 is 14.7 Å². The fourth-order valence-electron chi connectivity index (χ4n) is 1.08. The third-order valence-electron chi connectivity index (χ3n) is 1.87. The summed E-state index contributed by atoms with van der Waals surface area (Å²) in [6.07, 6.45) is 3.85. The van der Waals surface area contributed by atoms with Crippen LogP contribution in [0.2, 0.25) is 0 Å². The molecule has 2 N–H and O–H groups in total. The molecule has 0 spiro atoms. The molecule has 0 saturated carbocycles. The molecule has 1 aromatic heterocycles. The maximum absolute atomic E-state index is 10.7. The van der Waals surface area contributed by atoms with Gasteiger partial charge in [-0.1, -0.05) is 0 Å². The molecule has 1 amide bonds. The van der Waals surface area contributed by atoms with Gasteiger partial charge in [-0.15, -0.1) is 0 Å². The van der Waals surface area contributed by atoms with Crippen LogP contribution in [-0.4, -0.2) is 33.1 Å². The highest BCUT2D eigenvalue weighted by atomic mass is 16.4. The molecule has 6 heteroatoms. The van der Waals surface area contributed by atoms with Gasteiger partial charge in [-0.25, -0.2) is 9.78 Å². The zero-order valence-corrected chi connectivity index (χ0v) is 7.67. The van der Waals surface area contributed by atoms with Crippen LogP contribution in [0.15, 0.2) is 12.4 Å². The number of aromatic nitrogens is 2. The van der Waals surface area contributed by atoms with Crippen molar-refractivity contribution in [2.75, 3.05) is 0 Å². The normalized spacial score (nSPS) is 12.1. The molecule has 1 heterocycles. The predicted octanol–water partition coefficient (Wildman–Crippen LogP) is -0.838. The van der Waals surface area contributed by atoms with Crippen LogP contribution < -0.4 is 5.32 Å². The van der Waals surface area contributed by atoms with Gasteiger partial charge in [-0.3, -0.25) is 4.79 Å². The number of amides is 1. The van der Waals surface area contributed by atoms with Gasteiger partial charge in [0.25, 0.3) is 0 Å². The minimum atomic E-state index is -1.07. The van der Waals surface area contributed by atoms with Gasteiger partial charge in [0.2, 0.25) is 6.41 Å². The number of hydrogen-bond acceptors (Lipinski definition) is 3. The zero-order chi connectivity index (χ0) is 10.6. The summed E-state index contributed by atoms with van der Waals surface area (Å²) in [6, 6.07) is -0.923. The number of carbonyl (C=O) groups excluding carboxylic acids is 1. The van der Waals surface area contributed by atoms with Gasteiger partial charge in [0.1, 0.15) is 11.9 Å². The molecule has 1 rings (SSSR count). The van der Waals surface area contributed by atoms with Gasteiger partial charge in [0.05, 0.1) is 0 Å². The van der Waals surface area contributed by atoms with E-state index in [4.69, 9.17) is 5.11 Å². The van der Waals surface area contributed by atoms with Crippen molar-refractivity contribution in [2.24, 2.45) is 7.05 Å². The minimum absolute atomic E-state index is 0.178. The average Bonchev–Trinajstić information content (AvgIpc) is 2.51. The van der Waals surface area contributed by atoms with Crippen molar-refractivity contribution in [2.45, 2.75) is 12.5 Å². The standard InChI is InChI=1S/C8H11N3O3/c1-11-3-2-9-7(11)4-6(8(13)14)10-5-12/h2-3,5-6H,4H2,1H3,(H,10,12)(H,13,14). The third-order valence-corrected chi connectivity index (χ3v) is 1.87. The van der Waals surface area contributed by atoms with E-state index in [1.165, 1.54) is 0 Å². The van der Waals surface area contributed by atoms with Crippen LogP contribution in [0, 0.1) is 0 Å². The summed E-state index contributed by atoms with van der Waals surface area (Å²) < 4.78 is 1.71. The van der Waals surface area contributed by atoms with E-state index in [-0.39, 0.29) is 6.42 Å².